The van der Waals surface area contributed by atoms with Crippen molar-refractivity contribution in [3.63, 3.8) is 0 Å². The van der Waals surface area contributed by atoms with E-state index in [0.717, 1.165) is 17.9 Å². The molecule has 0 saturated heterocycles. The van der Waals surface area contributed by atoms with E-state index in [9.17, 15) is 4.39 Å². The van der Waals surface area contributed by atoms with Crippen LogP contribution in [-0.2, 0) is 6.54 Å². The van der Waals surface area contributed by atoms with Crippen LogP contribution in [0.3, 0.4) is 0 Å². The molecule has 20 heavy (non-hydrogen) atoms. The molecule has 1 aliphatic carbocycles. The molecular formula is C16H20FN3. The molecule has 1 aromatic heterocycles. The molecule has 0 bridgehead atoms. The van der Waals surface area contributed by atoms with Gasteiger partial charge < -0.3 is 10.3 Å². The van der Waals surface area contributed by atoms with Crippen LogP contribution in [0.2, 0.25) is 0 Å². The standard InChI is InChI=1S/C16H20FN3/c1-2-20-15(18)14(12-8-5-9-13(17)10-12)19-16(20)11-6-3-4-7-11/h5,8-11H,2-4,6-7,18H2,1H3. The molecular weight excluding hydrogens is 253 g/mol. The molecule has 0 aliphatic heterocycles. The van der Waals surface area contributed by atoms with E-state index in [1.54, 1.807) is 6.07 Å². The highest BCUT2D eigenvalue weighted by Crippen LogP contribution is 2.37. The van der Waals surface area contributed by atoms with E-state index >= 15 is 0 Å². The van der Waals surface area contributed by atoms with Crippen LogP contribution in [0.4, 0.5) is 10.2 Å². The van der Waals surface area contributed by atoms with Gasteiger partial charge in [0.05, 0.1) is 0 Å². The van der Waals surface area contributed by atoms with Crippen molar-refractivity contribution >= 4 is 5.82 Å². The summed E-state index contributed by atoms with van der Waals surface area (Å²) in [5.74, 6) is 1.97. The molecule has 4 heteroatoms. The van der Waals surface area contributed by atoms with Crippen LogP contribution in [0.1, 0.15) is 44.3 Å². The maximum Gasteiger partial charge on any atom is 0.131 e. The van der Waals surface area contributed by atoms with Gasteiger partial charge in [-0.2, -0.15) is 0 Å². The highest BCUT2D eigenvalue weighted by atomic mass is 19.1. The van der Waals surface area contributed by atoms with E-state index in [4.69, 9.17) is 10.7 Å². The highest BCUT2D eigenvalue weighted by molar-refractivity contribution is 5.71. The average Bonchev–Trinajstić information content (AvgIpc) is 3.05. The summed E-state index contributed by atoms with van der Waals surface area (Å²) in [5, 5.41) is 0. The minimum atomic E-state index is -0.254. The van der Waals surface area contributed by atoms with Crippen LogP contribution in [0.15, 0.2) is 24.3 Å². The third-order valence-corrected chi connectivity index (χ3v) is 4.17. The summed E-state index contributed by atoms with van der Waals surface area (Å²) in [7, 11) is 0. The van der Waals surface area contributed by atoms with Crippen molar-refractivity contribution in [3.05, 3.63) is 35.9 Å². The molecule has 1 aromatic carbocycles. The summed E-state index contributed by atoms with van der Waals surface area (Å²) >= 11 is 0. The van der Waals surface area contributed by atoms with Crippen LogP contribution >= 0.6 is 0 Å². The van der Waals surface area contributed by atoms with E-state index in [-0.39, 0.29) is 5.82 Å². The topological polar surface area (TPSA) is 43.8 Å². The highest BCUT2D eigenvalue weighted by Gasteiger charge is 2.25. The number of anilines is 1. The van der Waals surface area contributed by atoms with Gasteiger partial charge in [0.1, 0.15) is 23.2 Å². The van der Waals surface area contributed by atoms with Crippen LogP contribution in [-0.4, -0.2) is 9.55 Å². The van der Waals surface area contributed by atoms with Crippen molar-refractivity contribution in [2.45, 2.75) is 45.1 Å². The number of aromatic nitrogens is 2. The zero-order chi connectivity index (χ0) is 14.1. The Kier molecular flexibility index (Phi) is 3.47. The summed E-state index contributed by atoms with van der Waals surface area (Å²) < 4.78 is 15.5. The SMILES string of the molecule is CCn1c(C2CCCC2)nc(-c2cccc(F)c2)c1N. The third-order valence-electron chi connectivity index (χ3n) is 4.17. The normalized spacial score (nSPS) is 15.9. The molecule has 2 N–H and O–H groups in total. The molecule has 1 aliphatic rings. The molecule has 0 radical (unpaired) electrons. The number of rotatable bonds is 3. The Hall–Kier alpha value is -1.84. The molecule has 3 nitrogen and oxygen atoms in total. The van der Waals surface area contributed by atoms with E-state index < -0.39 is 0 Å². The van der Waals surface area contributed by atoms with Crippen molar-refractivity contribution < 1.29 is 4.39 Å². The van der Waals surface area contributed by atoms with Crippen molar-refractivity contribution in [2.75, 3.05) is 5.73 Å². The predicted molar refractivity (Wildman–Crippen MR) is 78.9 cm³/mol. The van der Waals surface area contributed by atoms with E-state index in [1.165, 1.54) is 37.8 Å². The van der Waals surface area contributed by atoms with Gasteiger partial charge in [-0.3, -0.25) is 0 Å². The Morgan fingerprint density at radius 2 is 2.10 bits per heavy atom. The molecule has 3 rings (SSSR count). The summed E-state index contributed by atoms with van der Waals surface area (Å²) in [5.41, 5.74) is 7.72. The van der Waals surface area contributed by atoms with Crippen molar-refractivity contribution in [1.29, 1.82) is 0 Å². The fourth-order valence-corrected chi connectivity index (χ4v) is 3.16. The average molecular weight is 273 g/mol. The van der Waals surface area contributed by atoms with Crippen LogP contribution in [0, 0.1) is 5.82 Å². The summed E-state index contributed by atoms with van der Waals surface area (Å²) in [6, 6.07) is 6.50. The minimum absolute atomic E-state index is 0.254. The second kappa shape index (κ2) is 5.27. The Balaban J connectivity index is 2.08. The molecule has 0 spiro atoms. The number of benzene rings is 1. The second-order valence-corrected chi connectivity index (χ2v) is 5.44. The van der Waals surface area contributed by atoms with E-state index in [0.29, 0.717) is 17.4 Å². The summed E-state index contributed by atoms with van der Waals surface area (Å²) in [6.07, 6.45) is 4.88. The Labute approximate surface area is 118 Å². The largest absolute Gasteiger partial charge is 0.383 e. The van der Waals surface area contributed by atoms with Gasteiger partial charge in [-0.1, -0.05) is 25.0 Å². The van der Waals surface area contributed by atoms with Gasteiger partial charge in [0.25, 0.3) is 0 Å². The number of nitrogens with two attached hydrogens (primary N) is 1. The summed E-state index contributed by atoms with van der Waals surface area (Å²) in [6.45, 7) is 2.88. The number of halogens is 1. The lowest BCUT2D eigenvalue weighted by Gasteiger charge is -2.11. The lowest BCUT2D eigenvalue weighted by atomic mass is 10.1. The number of nitrogen functional groups attached to an aromatic ring is 1. The first-order valence-electron chi connectivity index (χ1n) is 7.32. The van der Waals surface area contributed by atoms with Gasteiger partial charge >= 0.3 is 0 Å². The zero-order valence-corrected chi connectivity index (χ0v) is 11.8. The monoisotopic (exact) mass is 273 g/mol. The van der Waals surface area contributed by atoms with Crippen molar-refractivity contribution in [3.8, 4) is 11.3 Å². The van der Waals surface area contributed by atoms with Crippen LogP contribution in [0.25, 0.3) is 11.3 Å². The molecule has 0 atom stereocenters. The number of hydrogen-bond acceptors (Lipinski definition) is 2. The Morgan fingerprint density at radius 3 is 2.75 bits per heavy atom. The maximum atomic E-state index is 13.4. The van der Waals surface area contributed by atoms with Gasteiger partial charge in [0.15, 0.2) is 0 Å². The number of nitrogens with zero attached hydrogens (tertiary/aromatic N) is 2. The molecule has 1 heterocycles. The molecule has 106 valence electrons. The first-order chi connectivity index (χ1) is 9.70. The first kappa shape index (κ1) is 13.2. The summed E-state index contributed by atoms with van der Waals surface area (Å²) in [4.78, 5) is 4.75. The fraction of sp³-hybridized carbons (Fsp3) is 0.438. The van der Waals surface area contributed by atoms with E-state index in [1.807, 2.05) is 6.07 Å². The minimum Gasteiger partial charge on any atom is -0.383 e. The molecule has 1 fully saturated rings. The third kappa shape index (κ3) is 2.19. The number of imidazole rings is 1. The Morgan fingerprint density at radius 1 is 1.35 bits per heavy atom. The van der Waals surface area contributed by atoms with Gasteiger partial charge in [0, 0.05) is 18.0 Å². The lowest BCUT2D eigenvalue weighted by molar-refractivity contribution is 0.604. The van der Waals surface area contributed by atoms with Gasteiger partial charge in [-0.25, -0.2) is 9.37 Å². The van der Waals surface area contributed by atoms with Gasteiger partial charge in [-0.15, -0.1) is 0 Å². The first-order valence-corrected chi connectivity index (χ1v) is 7.32. The quantitative estimate of drug-likeness (QED) is 0.920. The fourth-order valence-electron chi connectivity index (χ4n) is 3.16. The van der Waals surface area contributed by atoms with E-state index in [2.05, 4.69) is 11.5 Å². The predicted octanol–water partition coefficient (Wildman–Crippen LogP) is 3.95. The number of hydrogen-bond donors (Lipinski definition) is 1. The van der Waals surface area contributed by atoms with Crippen LogP contribution < -0.4 is 5.73 Å². The van der Waals surface area contributed by atoms with Crippen molar-refractivity contribution in [2.24, 2.45) is 0 Å². The molecule has 0 amide bonds. The molecule has 2 aromatic rings. The lowest BCUT2D eigenvalue weighted by Crippen LogP contribution is -2.08. The molecule has 0 unspecified atom stereocenters. The second-order valence-electron chi connectivity index (χ2n) is 5.44. The smallest absolute Gasteiger partial charge is 0.131 e. The van der Waals surface area contributed by atoms with Crippen molar-refractivity contribution in [1.82, 2.24) is 9.55 Å². The zero-order valence-electron chi connectivity index (χ0n) is 11.8. The Bertz CT molecular complexity index is 612. The van der Waals surface area contributed by atoms with Gasteiger partial charge in [0.2, 0.25) is 0 Å². The molecule has 1 saturated carbocycles. The maximum absolute atomic E-state index is 13.4. The van der Waals surface area contributed by atoms with Gasteiger partial charge in [-0.05, 0) is 31.9 Å². The van der Waals surface area contributed by atoms with Crippen LogP contribution in [0.5, 0.6) is 0 Å².